The van der Waals surface area contributed by atoms with E-state index in [2.05, 4.69) is 19.9 Å². The predicted molar refractivity (Wildman–Crippen MR) is 224 cm³/mol. The van der Waals surface area contributed by atoms with E-state index >= 15 is 0 Å². The number of nitrogens with zero attached hydrogens (tertiary/aromatic N) is 5. The smallest absolute Gasteiger partial charge is 0.220 e. The zero-order valence-corrected chi connectivity index (χ0v) is 34.8. The Balaban J connectivity index is 0.000000680. The van der Waals surface area contributed by atoms with E-state index in [1.165, 1.54) is 18.3 Å². The van der Waals surface area contributed by atoms with E-state index in [4.69, 9.17) is 33.6 Å². The Morgan fingerprint density at radius 2 is 0.931 bits per heavy atom. The molecule has 0 saturated carbocycles. The van der Waals surface area contributed by atoms with Crippen LogP contribution >= 0.6 is 0 Å². The Morgan fingerprint density at radius 1 is 0.586 bits per heavy atom. The Hall–Kier alpha value is -4.14. The molecule has 58 heavy (non-hydrogen) atoms. The molecule has 4 aromatic rings. The minimum atomic E-state index is -3.90. The second-order valence-electron chi connectivity index (χ2n) is 12.8. The standard InChI is InChI=1S/C27H35N3O6S.C11H19N3O4S.2CH4/c1-20-16-28-27(29-17-20)26(36-15-14-33-3)21(2)37(31,32)30(18-22-6-10-24(34-4)11-7-22)19-23-8-12-25(35-5)13-9-23;1-8-6-13-11(14-7-8)10(18-5-4-17-3)9(2)19(12,15)16;;/h6-13,16-17,21,26H,14-15,18-19H2,1-5H3;6-7,9-10H,4-5H2,1-3H3,(H2,12,15,16);2*1H4/t21-,26-;9-,10-;;/m00../s1. The monoisotopic (exact) mass is 850 g/mol. The second-order valence-corrected chi connectivity index (χ2v) is 17.0. The maximum Gasteiger partial charge on any atom is 0.220 e. The number of aryl methyl sites for hydroxylation is 2. The van der Waals surface area contributed by atoms with E-state index in [1.54, 1.807) is 53.0 Å². The van der Waals surface area contributed by atoms with Crippen molar-refractivity contribution in [3.8, 4) is 11.5 Å². The predicted octanol–water partition coefficient (Wildman–Crippen LogP) is 5.37. The molecule has 0 amide bonds. The van der Waals surface area contributed by atoms with Crippen LogP contribution in [-0.2, 0) is 52.1 Å². The van der Waals surface area contributed by atoms with Gasteiger partial charge >= 0.3 is 0 Å². The molecule has 0 unspecified atom stereocenters. The SMILES string of the molecule is C.C.COCCO[C@H](c1ncc(C)cn1)[C@H](C)S(=O)(=O)N(Cc1ccc(OC)cc1)Cc1ccc(OC)cc1.COCCO[C@H](c1ncc(C)cn1)[C@H](C)S(N)(=O)=O. The van der Waals surface area contributed by atoms with Gasteiger partial charge in [-0.1, -0.05) is 39.1 Å². The van der Waals surface area contributed by atoms with Crippen LogP contribution in [0.5, 0.6) is 11.5 Å². The van der Waals surface area contributed by atoms with Crippen molar-refractivity contribution in [2.24, 2.45) is 5.14 Å². The van der Waals surface area contributed by atoms with Gasteiger partial charge < -0.3 is 28.4 Å². The Morgan fingerprint density at radius 3 is 1.24 bits per heavy atom. The Labute approximate surface area is 345 Å². The molecule has 2 aromatic carbocycles. The minimum absolute atomic E-state index is 0. The molecule has 0 aliphatic rings. The van der Waals surface area contributed by atoms with Gasteiger partial charge in [-0.2, -0.15) is 4.31 Å². The fraction of sp³-hybridized carbons (Fsp3) is 0.500. The summed E-state index contributed by atoms with van der Waals surface area (Å²) in [5.74, 6) is 2.00. The Bertz CT molecular complexity index is 1910. The van der Waals surface area contributed by atoms with Gasteiger partial charge in [0.25, 0.3) is 0 Å². The molecular formula is C40H62N6O10S2. The number of hydrogen-bond donors (Lipinski definition) is 1. The lowest BCUT2D eigenvalue weighted by Gasteiger charge is -2.30. The maximum atomic E-state index is 14.1. The highest BCUT2D eigenvalue weighted by molar-refractivity contribution is 7.90. The number of methoxy groups -OCH3 is 4. The first-order chi connectivity index (χ1) is 26.6. The third kappa shape index (κ3) is 15.9. The van der Waals surface area contributed by atoms with Crippen LogP contribution in [0.3, 0.4) is 0 Å². The van der Waals surface area contributed by atoms with Crippen molar-refractivity contribution in [3.63, 3.8) is 0 Å². The third-order valence-corrected chi connectivity index (χ3v) is 12.0. The number of ether oxygens (including phenoxy) is 6. The van der Waals surface area contributed by atoms with Crippen LogP contribution in [0.2, 0.25) is 0 Å². The zero-order valence-electron chi connectivity index (χ0n) is 33.2. The highest BCUT2D eigenvalue weighted by atomic mass is 32.2. The molecule has 16 nitrogen and oxygen atoms in total. The average Bonchev–Trinajstić information content (AvgIpc) is 3.19. The van der Waals surface area contributed by atoms with Crippen LogP contribution in [-0.4, -0.2) is 106 Å². The van der Waals surface area contributed by atoms with Gasteiger partial charge in [0, 0.05) is 52.1 Å². The molecule has 18 heteroatoms. The van der Waals surface area contributed by atoms with Gasteiger partial charge in [0.15, 0.2) is 11.6 Å². The van der Waals surface area contributed by atoms with Crippen molar-refractivity contribution in [3.05, 3.63) is 107 Å². The van der Waals surface area contributed by atoms with Crippen LogP contribution in [0.25, 0.3) is 0 Å². The first-order valence-corrected chi connectivity index (χ1v) is 20.8. The molecule has 2 heterocycles. The summed E-state index contributed by atoms with van der Waals surface area (Å²) < 4.78 is 84.5. The molecule has 2 aromatic heterocycles. The van der Waals surface area contributed by atoms with Crippen molar-refractivity contribution >= 4 is 20.0 Å². The average molecular weight is 851 g/mol. The summed E-state index contributed by atoms with van der Waals surface area (Å²) in [5, 5.41) is 3.25. The van der Waals surface area contributed by atoms with Crippen molar-refractivity contribution < 1.29 is 45.3 Å². The molecule has 0 bridgehead atoms. The topological polar surface area (TPSA) is 204 Å². The quantitative estimate of drug-likeness (QED) is 0.105. The fourth-order valence-electron chi connectivity index (χ4n) is 5.12. The number of rotatable bonds is 21. The van der Waals surface area contributed by atoms with E-state index in [0.29, 0.717) is 36.4 Å². The number of benzene rings is 2. The number of primary sulfonamides is 1. The van der Waals surface area contributed by atoms with Crippen molar-refractivity contribution in [1.29, 1.82) is 0 Å². The molecule has 0 aliphatic heterocycles. The van der Waals surface area contributed by atoms with Crippen LogP contribution in [0.4, 0.5) is 0 Å². The van der Waals surface area contributed by atoms with Gasteiger partial charge in [-0.05, 0) is 74.2 Å². The van der Waals surface area contributed by atoms with Crippen molar-refractivity contribution in [2.75, 3.05) is 54.9 Å². The summed E-state index contributed by atoms with van der Waals surface area (Å²) in [6.07, 6.45) is 4.82. The van der Waals surface area contributed by atoms with E-state index in [-0.39, 0.29) is 41.2 Å². The summed E-state index contributed by atoms with van der Waals surface area (Å²) in [5.41, 5.74) is 3.40. The third-order valence-electron chi connectivity index (χ3n) is 8.52. The van der Waals surface area contributed by atoms with Crippen molar-refractivity contribution in [2.45, 2.75) is 78.3 Å². The molecule has 0 spiro atoms. The number of nitrogens with two attached hydrogens (primary N) is 1. The molecule has 0 saturated heterocycles. The van der Waals surface area contributed by atoms with Gasteiger partial charge in [0.2, 0.25) is 20.0 Å². The molecule has 4 atom stereocenters. The lowest BCUT2D eigenvalue weighted by molar-refractivity contribution is 0.0110. The Kier molecular flexibility index (Phi) is 22.7. The van der Waals surface area contributed by atoms with Crippen LogP contribution in [0.1, 0.15) is 74.8 Å². The van der Waals surface area contributed by atoms with Crippen LogP contribution in [0, 0.1) is 13.8 Å². The highest BCUT2D eigenvalue weighted by Gasteiger charge is 2.38. The second kappa shape index (κ2) is 25.4. The molecular weight excluding hydrogens is 789 g/mol. The lowest BCUT2D eigenvalue weighted by Crippen LogP contribution is -2.40. The molecule has 0 aliphatic carbocycles. The van der Waals surface area contributed by atoms with Gasteiger partial charge in [-0.3, -0.25) is 0 Å². The largest absolute Gasteiger partial charge is 0.497 e. The summed E-state index contributed by atoms with van der Waals surface area (Å²) in [7, 11) is -1.37. The van der Waals surface area contributed by atoms with Gasteiger partial charge in [-0.15, -0.1) is 0 Å². The first-order valence-electron chi connectivity index (χ1n) is 17.7. The normalized spacial score (nSPS) is 13.5. The van der Waals surface area contributed by atoms with Crippen LogP contribution in [0.15, 0.2) is 73.3 Å². The van der Waals surface area contributed by atoms with E-state index in [9.17, 15) is 16.8 Å². The fourth-order valence-corrected chi connectivity index (χ4v) is 7.31. The maximum absolute atomic E-state index is 14.1. The minimum Gasteiger partial charge on any atom is -0.497 e. The molecule has 324 valence electrons. The zero-order chi connectivity index (χ0) is 41.3. The number of hydrogen-bond acceptors (Lipinski definition) is 14. The molecule has 4 rings (SSSR count). The van der Waals surface area contributed by atoms with Gasteiger partial charge in [0.05, 0.1) is 40.6 Å². The number of aromatic nitrogens is 4. The van der Waals surface area contributed by atoms with Gasteiger partial charge in [-0.25, -0.2) is 41.9 Å². The van der Waals surface area contributed by atoms with E-state index < -0.39 is 42.8 Å². The molecule has 0 radical (unpaired) electrons. The summed E-state index contributed by atoms with van der Waals surface area (Å²) in [4.78, 5) is 16.9. The van der Waals surface area contributed by atoms with Gasteiger partial charge in [0.1, 0.15) is 34.2 Å². The summed E-state index contributed by atoms with van der Waals surface area (Å²) in [6.45, 7) is 8.25. The first kappa shape index (κ1) is 51.9. The van der Waals surface area contributed by atoms with E-state index in [1.807, 2.05) is 62.4 Å². The summed E-state index contributed by atoms with van der Waals surface area (Å²) >= 11 is 0. The number of sulfonamides is 2. The van der Waals surface area contributed by atoms with Crippen molar-refractivity contribution in [1.82, 2.24) is 24.2 Å². The van der Waals surface area contributed by atoms with E-state index in [0.717, 1.165) is 22.3 Å². The summed E-state index contributed by atoms with van der Waals surface area (Å²) in [6, 6.07) is 14.7. The lowest BCUT2D eigenvalue weighted by atomic mass is 10.2. The molecule has 0 fully saturated rings. The highest BCUT2D eigenvalue weighted by Crippen LogP contribution is 2.29. The van der Waals surface area contributed by atoms with Crippen LogP contribution < -0.4 is 14.6 Å². The molecule has 2 N–H and O–H groups in total.